The Morgan fingerprint density at radius 2 is 1.00 bits per heavy atom. The minimum absolute atomic E-state index is 0.446. The normalized spacial score (nSPS) is 14.0. The fourth-order valence-electron chi connectivity index (χ4n) is 3.30. The summed E-state index contributed by atoms with van der Waals surface area (Å²) in [6.45, 7) is 3.89. The molecule has 0 saturated carbocycles. The number of rotatable bonds is 5. The van der Waals surface area contributed by atoms with Crippen LogP contribution in [-0.4, -0.2) is 29.9 Å². The minimum Gasteiger partial charge on any atom is -0.303 e. The molecule has 0 aliphatic carbocycles. The van der Waals surface area contributed by atoms with E-state index in [1.54, 1.807) is 0 Å². The van der Waals surface area contributed by atoms with Crippen LogP contribution in [0.25, 0.3) is 0 Å². The first-order valence-electron chi connectivity index (χ1n) is 9.62. The summed E-state index contributed by atoms with van der Waals surface area (Å²) in [6.07, 6.45) is 2.82. The largest absolute Gasteiger partial charge is 0.303 e. The molecule has 0 aromatic heterocycles. The molecule has 1 aliphatic rings. The Morgan fingerprint density at radius 3 is 1.33 bits per heavy atom. The van der Waals surface area contributed by atoms with Gasteiger partial charge in [0.25, 0.3) is 0 Å². The van der Waals surface area contributed by atoms with Gasteiger partial charge in [0.15, 0.2) is 0 Å². The van der Waals surface area contributed by atoms with E-state index in [-0.39, 0.29) is 0 Å². The molecule has 1 saturated heterocycles. The van der Waals surface area contributed by atoms with Gasteiger partial charge in [0.2, 0.25) is 0 Å². The lowest BCUT2D eigenvalue weighted by molar-refractivity contribution is 0.363. The van der Waals surface area contributed by atoms with Crippen LogP contribution >= 0.6 is 23.9 Å². The van der Waals surface area contributed by atoms with Gasteiger partial charge in [-0.05, 0) is 49.8 Å². The third-order valence-electron chi connectivity index (χ3n) is 4.64. The topological polar surface area (TPSA) is 3.24 Å². The molecule has 0 amide bonds. The molecule has 0 N–H and O–H groups in total. The molecular formula is C24H27BrNP. The van der Waals surface area contributed by atoms with Crippen molar-refractivity contribution in [2.75, 3.05) is 25.0 Å². The van der Waals surface area contributed by atoms with E-state index in [1.807, 2.05) is 0 Å². The molecule has 0 bridgehead atoms. The van der Waals surface area contributed by atoms with Crippen LogP contribution in [-0.2, 0) is 0 Å². The summed E-state index contributed by atoms with van der Waals surface area (Å²) in [4.78, 5) is 2.49. The maximum absolute atomic E-state index is 3.42. The zero-order chi connectivity index (χ0) is 18.7. The molecule has 140 valence electrons. The molecule has 1 fully saturated rings. The molecule has 1 nitrogen and oxygen atoms in total. The highest BCUT2D eigenvalue weighted by Gasteiger charge is 2.15. The highest BCUT2D eigenvalue weighted by Crippen LogP contribution is 2.32. The highest BCUT2D eigenvalue weighted by atomic mass is 79.9. The first-order valence-corrected chi connectivity index (χ1v) is 12.1. The Balaban J connectivity index is 0.000000221. The zero-order valence-electron chi connectivity index (χ0n) is 15.7. The number of benzene rings is 3. The molecule has 0 atom stereocenters. The van der Waals surface area contributed by atoms with Gasteiger partial charge < -0.3 is 4.90 Å². The van der Waals surface area contributed by atoms with Gasteiger partial charge in [0, 0.05) is 11.9 Å². The van der Waals surface area contributed by atoms with Crippen LogP contribution in [0.4, 0.5) is 0 Å². The van der Waals surface area contributed by atoms with Gasteiger partial charge in [-0.1, -0.05) is 107 Å². The molecule has 0 spiro atoms. The maximum Gasteiger partial charge on any atom is 0.0159 e. The van der Waals surface area contributed by atoms with Crippen LogP contribution in [0.15, 0.2) is 91.0 Å². The molecule has 0 radical (unpaired) electrons. The molecule has 0 unspecified atom stereocenters. The highest BCUT2D eigenvalue weighted by molar-refractivity contribution is 9.09. The summed E-state index contributed by atoms with van der Waals surface area (Å²) >= 11 is 3.42. The molecule has 1 heterocycles. The van der Waals surface area contributed by atoms with Crippen molar-refractivity contribution in [1.82, 2.24) is 4.90 Å². The summed E-state index contributed by atoms with van der Waals surface area (Å²) in [7, 11) is -0.446. The molecule has 27 heavy (non-hydrogen) atoms. The van der Waals surface area contributed by atoms with Gasteiger partial charge in [-0.15, -0.1) is 0 Å². The number of halogens is 1. The molecule has 3 aromatic carbocycles. The quantitative estimate of drug-likeness (QED) is 0.402. The van der Waals surface area contributed by atoms with Crippen molar-refractivity contribution in [3.8, 4) is 0 Å². The minimum atomic E-state index is -0.446. The van der Waals surface area contributed by atoms with Gasteiger partial charge in [-0.3, -0.25) is 0 Å². The van der Waals surface area contributed by atoms with Crippen LogP contribution in [0.1, 0.15) is 12.8 Å². The Labute approximate surface area is 173 Å². The van der Waals surface area contributed by atoms with Crippen molar-refractivity contribution < 1.29 is 0 Å². The summed E-state index contributed by atoms with van der Waals surface area (Å²) < 4.78 is 0. The SMILES string of the molecule is BrCCN1CCCC1.c1ccc(P(c2ccccc2)c2ccccc2)cc1. The number of nitrogens with zero attached hydrogens (tertiary/aromatic N) is 1. The van der Waals surface area contributed by atoms with Gasteiger partial charge in [-0.25, -0.2) is 0 Å². The lowest BCUT2D eigenvalue weighted by Crippen LogP contribution is -2.20. The second kappa shape index (κ2) is 11.4. The van der Waals surface area contributed by atoms with Crippen molar-refractivity contribution >= 4 is 39.8 Å². The molecule has 1 aliphatic heterocycles. The van der Waals surface area contributed by atoms with Crippen LogP contribution < -0.4 is 15.9 Å². The average molecular weight is 440 g/mol. The van der Waals surface area contributed by atoms with Crippen molar-refractivity contribution in [2.24, 2.45) is 0 Å². The lowest BCUT2D eigenvalue weighted by Gasteiger charge is -2.18. The van der Waals surface area contributed by atoms with E-state index in [0.717, 1.165) is 5.33 Å². The Bertz CT molecular complexity index is 664. The van der Waals surface area contributed by atoms with Gasteiger partial charge in [0.1, 0.15) is 0 Å². The van der Waals surface area contributed by atoms with Crippen molar-refractivity contribution in [2.45, 2.75) is 12.8 Å². The number of hydrogen-bond donors (Lipinski definition) is 0. The van der Waals surface area contributed by atoms with E-state index in [9.17, 15) is 0 Å². The van der Waals surface area contributed by atoms with Crippen LogP contribution in [0.2, 0.25) is 0 Å². The molecule has 3 aromatic rings. The predicted molar refractivity (Wildman–Crippen MR) is 125 cm³/mol. The summed E-state index contributed by atoms with van der Waals surface area (Å²) in [5.74, 6) is 0. The number of hydrogen-bond acceptors (Lipinski definition) is 1. The molecule has 3 heteroatoms. The zero-order valence-corrected chi connectivity index (χ0v) is 18.2. The van der Waals surface area contributed by atoms with Gasteiger partial charge in [0.05, 0.1) is 0 Å². The van der Waals surface area contributed by atoms with E-state index in [0.29, 0.717) is 0 Å². The Hall–Kier alpha value is -1.47. The van der Waals surface area contributed by atoms with E-state index in [4.69, 9.17) is 0 Å². The first-order chi connectivity index (χ1) is 13.4. The fraction of sp³-hybridized carbons (Fsp3) is 0.250. The number of likely N-dealkylation sites (tertiary alicyclic amines) is 1. The fourth-order valence-corrected chi connectivity index (χ4v) is 6.11. The van der Waals surface area contributed by atoms with E-state index >= 15 is 0 Å². The van der Waals surface area contributed by atoms with E-state index in [2.05, 4.69) is 112 Å². The first kappa shape index (κ1) is 20.3. The summed E-state index contributed by atoms with van der Waals surface area (Å²) in [6, 6.07) is 32.3. The van der Waals surface area contributed by atoms with Gasteiger partial charge in [-0.2, -0.15) is 0 Å². The van der Waals surface area contributed by atoms with Crippen molar-refractivity contribution in [3.05, 3.63) is 91.0 Å². The third kappa shape index (κ3) is 6.28. The van der Waals surface area contributed by atoms with E-state index < -0.39 is 7.92 Å². The second-order valence-corrected chi connectivity index (χ2v) is 9.59. The standard InChI is InChI=1S/C18H15P.C6H12BrN/c1-4-10-16(11-5-1)19(17-12-6-2-7-13-17)18-14-8-3-9-15-18;7-3-6-8-4-1-2-5-8/h1-15H;1-6H2. The van der Waals surface area contributed by atoms with Crippen LogP contribution in [0.5, 0.6) is 0 Å². The second-order valence-electron chi connectivity index (χ2n) is 6.58. The Kier molecular flexibility index (Phi) is 8.55. The summed E-state index contributed by atoms with van der Waals surface area (Å²) in [5.41, 5.74) is 0. The molecule has 4 rings (SSSR count). The van der Waals surface area contributed by atoms with Crippen LogP contribution in [0.3, 0.4) is 0 Å². The summed E-state index contributed by atoms with van der Waals surface area (Å²) in [5, 5.41) is 5.33. The lowest BCUT2D eigenvalue weighted by atomic mass is 10.4. The third-order valence-corrected chi connectivity index (χ3v) is 7.44. The Morgan fingerprint density at radius 1 is 0.630 bits per heavy atom. The average Bonchev–Trinajstić information content (AvgIpc) is 3.25. The monoisotopic (exact) mass is 439 g/mol. The number of alkyl halides is 1. The molecular weight excluding hydrogens is 413 g/mol. The predicted octanol–water partition coefficient (Wildman–Crippen LogP) is 4.92. The van der Waals surface area contributed by atoms with E-state index in [1.165, 1.54) is 48.4 Å². The van der Waals surface area contributed by atoms with Crippen LogP contribution in [0, 0.1) is 0 Å². The smallest absolute Gasteiger partial charge is 0.0159 e. The van der Waals surface area contributed by atoms with Crippen molar-refractivity contribution in [3.63, 3.8) is 0 Å². The van der Waals surface area contributed by atoms with Gasteiger partial charge >= 0.3 is 0 Å². The maximum atomic E-state index is 3.42. The van der Waals surface area contributed by atoms with Crippen molar-refractivity contribution in [1.29, 1.82) is 0 Å².